The number of thiophene rings is 1. The molecule has 3 aromatic rings. The zero-order chi connectivity index (χ0) is 13.9. The summed E-state index contributed by atoms with van der Waals surface area (Å²) in [5.74, 6) is -0.728. The summed E-state index contributed by atoms with van der Waals surface area (Å²) in [5.41, 5.74) is 1.75. The van der Waals surface area contributed by atoms with Crippen molar-refractivity contribution in [1.29, 1.82) is 0 Å². The lowest BCUT2D eigenvalue weighted by molar-refractivity contribution is 0.102. The SMILES string of the molecule is O=C(Nc1cccc(F)c1)c1csc(-c2ccsc2)n1. The molecule has 2 heterocycles. The van der Waals surface area contributed by atoms with Crippen molar-refractivity contribution in [2.24, 2.45) is 0 Å². The van der Waals surface area contributed by atoms with Gasteiger partial charge in [0.15, 0.2) is 0 Å². The first-order valence-corrected chi connectivity index (χ1v) is 7.59. The van der Waals surface area contributed by atoms with E-state index in [0.29, 0.717) is 11.4 Å². The molecule has 0 atom stereocenters. The van der Waals surface area contributed by atoms with E-state index in [-0.39, 0.29) is 11.7 Å². The minimum absolute atomic E-state index is 0.334. The number of hydrogen-bond donors (Lipinski definition) is 1. The first-order chi connectivity index (χ1) is 9.72. The number of aromatic nitrogens is 1. The van der Waals surface area contributed by atoms with E-state index in [2.05, 4.69) is 10.3 Å². The monoisotopic (exact) mass is 304 g/mol. The first kappa shape index (κ1) is 13.0. The van der Waals surface area contributed by atoms with Crippen molar-refractivity contribution >= 4 is 34.3 Å². The van der Waals surface area contributed by atoms with Gasteiger partial charge in [-0.25, -0.2) is 9.37 Å². The zero-order valence-electron chi connectivity index (χ0n) is 10.2. The van der Waals surface area contributed by atoms with Crippen LogP contribution >= 0.6 is 22.7 Å². The molecule has 0 radical (unpaired) electrons. The van der Waals surface area contributed by atoms with Gasteiger partial charge in [0.25, 0.3) is 5.91 Å². The molecule has 0 fully saturated rings. The average molecular weight is 304 g/mol. The van der Waals surface area contributed by atoms with Crippen molar-refractivity contribution in [2.45, 2.75) is 0 Å². The van der Waals surface area contributed by atoms with E-state index in [4.69, 9.17) is 0 Å². The van der Waals surface area contributed by atoms with Gasteiger partial charge in [-0.15, -0.1) is 11.3 Å². The summed E-state index contributed by atoms with van der Waals surface area (Å²) in [4.78, 5) is 16.3. The van der Waals surface area contributed by atoms with Gasteiger partial charge in [-0.2, -0.15) is 11.3 Å². The van der Waals surface area contributed by atoms with Crippen LogP contribution in [0.4, 0.5) is 10.1 Å². The van der Waals surface area contributed by atoms with Crippen molar-refractivity contribution in [3.05, 3.63) is 58.0 Å². The molecule has 20 heavy (non-hydrogen) atoms. The molecule has 1 amide bonds. The molecule has 1 N–H and O–H groups in total. The van der Waals surface area contributed by atoms with Gasteiger partial charge >= 0.3 is 0 Å². The van der Waals surface area contributed by atoms with Crippen molar-refractivity contribution in [1.82, 2.24) is 4.98 Å². The van der Waals surface area contributed by atoms with Gasteiger partial charge in [-0.1, -0.05) is 6.07 Å². The first-order valence-electron chi connectivity index (χ1n) is 5.77. The molecule has 0 aliphatic carbocycles. The molecule has 3 rings (SSSR count). The molecule has 100 valence electrons. The molecule has 0 aliphatic heterocycles. The molecular formula is C14H9FN2OS2. The van der Waals surface area contributed by atoms with Gasteiger partial charge in [0.1, 0.15) is 16.5 Å². The minimum Gasteiger partial charge on any atom is -0.321 e. The van der Waals surface area contributed by atoms with E-state index in [1.165, 1.54) is 23.5 Å². The van der Waals surface area contributed by atoms with Crippen molar-refractivity contribution in [3.8, 4) is 10.6 Å². The van der Waals surface area contributed by atoms with E-state index in [9.17, 15) is 9.18 Å². The molecule has 0 spiro atoms. The number of nitrogens with one attached hydrogen (secondary N) is 1. The minimum atomic E-state index is -0.389. The van der Waals surface area contributed by atoms with Crippen LogP contribution in [0, 0.1) is 5.82 Å². The fourth-order valence-electron chi connectivity index (χ4n) is 1.66. The maximum atomic E-state index is 13.0. The van der Waals surface area contributed by atoms with Crippen LogP contribution in [-0.4, -0.2) is 10.9 Å². The van der Waals surface area contributed by atoms with Crippen molar-refractivity contribution < 1.29 is 9.18 Å². The fraction of sp³-hybridized carbons (Fsp3) is 0. The molecule has 6 heteroatoms. The lowest BCUT2D eigenvalue weighted by atomic mass is 10.3. The van der Waals surface area contributed by atoms with Gasteiger partial charge in [0.05, 0.1) is 0 Å². The Morgan fingerprint density at radius 3 is 2.90 bits per heavy atom. The number of thiazole rings is 1. The second-order valence-electron chi connectivity index (χ2n) is 4.01. The molecule has 1 aromatic carbocycles. The summed E-state index contributed by atoms with van der Waals surface area (Å²) in [7, 11) is 0. The standard InChI is InChI=1S/C14H9FN2OS2/c15-10-2-1-3-11(6-10)16-13(18)12-8-20-14(17-12)9-4-5-19-7-9/h1-8H,(H,16,18). The number of anilines is 1. The second kappa shape index (κ2) is 5.52. The third kappa shape index (κ3) is 2.76. The van der Waals surface area contributed by atoms with Gasteiger partial charge in [0.2, 0.25) is 0 Å². The maximum Gasteiger partial charge on any atom is 0.275 e. The summed E-state index contributed by atoms with van der Waals surface area (Å²) in [6.45, 7) is 0. The van der Waals surface area contributed by atoms with Crippen LogP contribution < -0.4 is 5.32 Å². The van der Waals surface area contributed by atoms with Crippen LogP contribution in [0.3, 0.4) is 0 Å². The van der Waals surface area contributed by atoms with Crippen LogP contribution in [0.15, 0.2) is 46.5 Å². The predicted molar refractivity (Wildman–Crippen MR) is 79.8 cm³/mol. The highest BCUT2D eigenvalue weighted by Gasteiger charge is 2.12. The smallest absolute Gasteiger partial charge is 0.275 e. The third-order valence-corrected chi connectivity index (χ3v) is 4.16. The fourth-order valence-corrected chi connectivity index (χ4v) is 3.17. The number of carbonyl (C=O) groups excluding carboxylic acids is 1. The van der Waals surface area contributed by atoms with Crippen LogP contribution in [0.2, 0.25) is 0 Å². The molecule has 0 unspecified atom stereocenters. The summed E-state index contributed by atoms with van der Waals surface area (Å²) >= 11 is 2.99. The number of carbonyl (C=O) groups is 1. The van der Waals surface area contributed by atoms with Crippen LogP contribution in [0.25, 0.3) is 10.6 Å². The third-order valence-electron chi connectivity index (χ3n) is 2.59. The Hall–Kier alpha value is -2.05. The Kier molecular flexibility index (Phi) is 3.58. The number of halogens is 1. The summed E-state index contributed by atoms with van der Waals surface area (Å²) in [6, 6.07) is 7.73. The quantitative estimate of drug-likeness (QED) is 0.785. The Labute approximate surface area is 122 Å². The summed E-state index contributed by atoms with van der Waals surface area (Å²) < 4.78 is 13.0. The topological polar surface area (TPSA) is 42.0 Å². The molecule has 0 saturated heterocycles. The van der Waals surface area contributed by atoms with Crippen LogP contribution in [0.5, 0.6) is 0 Å². The second-order valence-corrected chi connectivity index (χ2v) is 5.65. The van der Waals surface area contributed by atoms with E-state index in [1.54, 1.807) is 28.8 Å². The maximum absolute atomic E-state index is 13.0. The lowest BCUT2D eigenvalue weighted by Gasteiger charge is -2.02. The van der Waals surface area contributed by atoms with E-state index in [1.807, 2.05) is 16.8 Å². The van der Waals surface area contributed by atoms with E-state index < -0.39 is 0 Å². The van der Waals surface area contributed by atoms with E-state index >= 15 is 0 Å². The van der Waals surface area contributed by atoms with E-state index in [0.717, 1.165) is 10.6 Å². The zero-order valence-corrected chi connectivity index (χ0v) is 11.8. The highest BCUT2D eigenvalue weighted by atomic mass is 32.1. The predicted octanol–water partition coefficient (Wildman–Crippen LogP) is 4.26. The molecule has 0 aliphatic rings. The number of amides is 1. The number of nitrogens with zero attached hydrogens (tertiary/aromatic N) is 1. The van der Waals surface area contributed by atoms with Gasteiger partial charge < -0.3 is 5.32 Å². The van der Waals surface area contributed by atoms with Crippen molar-refractivity contribution in [2.75, 3.05) is 5.32 Å². The summed E-state index contributed by atoms with van der Waals surface area (Å²) in [6.07, 6.45) is 0. The molecular weight excluding hydrogens is 295 g/mol. The Morgan fingerprint density at radius 2 is 2.15 bits per heavy atom. The normalized spacial score (nSPS) is 10.4. The van der Waals surface area contributed by atoms with Crippen LogP contribution in [-0.2, 0) is 0 Å². The van der Waals surface area contributed by atoms with Gasteiger partial charge in [0, 0.05) is 22.0 Å². The largest absolute Gasteiger partial charge is 0.321 e. The number of rotatable bonds is 3. The van der Waals surface area contributed by atoms with Gasteiger partial charge in [-0.3, -0.25) is 4.79 Å². The van der Waals surface area contributed by atoms with Crippen molar-refractivity contribution in [3.63, 3.8) is 0 Å². The molecule has 0 saturated carbocycles. The number of benzene rings is 1. The Bertz CT molecular complexity index is 737. The molecule has 3 nitrogen and oxygen atoms in total. The molecule has 0 bridgehead atoms. The average Bonchev–Trinajstić information content (AvgIpc) is 3.10. The Morgan fingerprint density at radius 1 is 1.25 bits per heavy atom. The number of hydrogen-bond acceptors (Lipinski definition) is 4. The Balaban J connectivity index is 1.78. The highest BCUT2D eigenvalue weighted by molar-refractivity contribution is 7.14. The molecule has 2 aromatic heterocycles. The van der Waals surface area contributed by atoms with Gasteiger partial charge in [-0.05, 0) is 29.6 Å². The lowest BCUT2D eigenvalue weighted by Crippen LogP contribution is -2.12. The van der Waals surface area contributed by atoms with Crippen LogP contribution in [0.1, 0.15) is 10.5 Å². The highest BCUT2D eigenvalue weighted by Crippen LogP contribution is 2.26. The summed E-state index contributed by atoms with van der Waals surface area (Å²) in [5, 5.41) is 9.06.